The number of hydrogen-bond donors (Lipinski definition) is 1. The monoisotopic (exact) mass is 247 g/mol. The van der Waals surface area contributed by atoms with Crippen molar-refractivity contribution < 1.29 is 9.53 Å². The lowest BCUT2D eigenvalue weighted by molar-refractivity contribution is -0.123. The van der Waals surface area contributed by atoms with Gasteiger partial charge in [-0.3, -0.25) is 4.79 Å². The average molecular weight is 247 g/mol. The molecular weight excluding hydrogens is 226 g/mol. The molecule has 3 atom stereocenters. The van der Waals surface area contributed by atoms with Gasteiger partial charge in [-0.1, -0.05) is 43.7 Å². The van der Waals surface area contributed by atoms with Crippen LogP contribution >= 0.6 is 0 Å². The molecule has 1 aliphatic heterocycles. The summed E-state index contributed by atoms with van der Waals surface area (Å²) in [6, 6.07) is 9.97. The molecule has 0 spiro atoms. The highest BCUT2D eigenvalue weighted by molar-refractivity contribution is 5.89. The second-order valence-electron chi connectivity index (χ2n) is 5.03. The van der Waals surface area contributed by atoms with E-state index in [4.69, 9.17) is 10.5 Å². The molecule has 1 heterocycles. The van der Waals surface area contributed by atoms with Gasteiger partial charge in [-0.05, 0) is 24.3 Å². The molecule has 0 aliphatic carbocycles. The van der Waals surface area contributed by atoms with Gasteiger partial charge >= 0.3 is 0 Å². The van der Waals surface area contributed by atoms with Gasteiger partial charge in [-0.15, -0.1) is 0 Å². The second-order valence-corrected chi connectivity index (χ2v) is 5.03. The van der Waals surface area contributed by atoms with Crippen LogP contribution in [0, 0.1) is 5.92 Å². The molecule has 1 aromatic rings. The Kier molecular flexibility index (Phi) is 4.50. The Morgan fingerprint density at radius 1 is 1.39 bits per heavy atom. The summed E-state index contributed by atoms with van der Waals surface area (Å²) >= 11 is 0. The molecule has 1 aliphatic rings. The van der Waals surface area contributed by atoms with Crippen LogP contribution < -0.4 is 5.73 Å². The van der Waals surface area contributed by atoms with E-state index in [1.54, 1.807) is 0 Å². The summed E-state index contributed by atoms with van der Waals surface area (Å²) in [6.45, 7) is 2.54. The first kappa shape index (κ1) is 13.2. The Labute approximate surface area is 108 Å². The zero-order chi connectivity index (χ0) is 13.0. The first-order chi connectivity index (χ1) is 8.70. The molecule has 0 amide bonds. The Morgan fingerprint density at radius 3 is 2.67 bits per heavy atom. The zero-order valence-corrected chi connectivity index (χ0v) is 10.8. The Balaban J connectivity index is 1.92. The van der Waals surface area contributed by atoms with Gasteiger partial charge in [-0.25, -0.2) is 0 Å². The third-order valence-electron chi connectivity index (χ3n) is 3.65. The molecule has 0 radical (unpaired) electrons. The minimum absolute atomic E-state index is 0.0708. The molecule has 2 N–H and O–H groups in total. The summed E-state index contributed by atoms with van der Waals surface area (Å²) in [6.07, 6.45) is 2.56. The Morgan fingerprint density at radius 2 is 2.11 bits per heavy atom. The van der Waals surface area contributed by atoms with Crippen LogP contribution in [0.1, 0.15) is 25.3 Å². The van der Waals surface area contributed by atoms with E-state index in [-0.39, 0.29) is 11.9 Å². The third-order valence-corrected chi connectivity index (χ3v) is 3.65. The fourth-order valence-electron chi connectivity index (χ4n) is 2.45. The number of ether oxygens (including phenoxy) is 1. The third kappa shape index (κ3) is 3.18. The molecule has 3 unspecified atom stereocenters. The molecule has 98 valence electrons. The highest BCUT2D eigenvalue weighted by Crippen LogP contribution is 2.22. The summed E-state index contributed by atoms with van der Waals surface area (Å²) < 4.78 is 5.47. The van der Waals surface area contributed by atoms with Gasteiger partial charge in [0.1, 0.15) is 6.10 Å². The number of ketones is 1. The van der Waals surface area contributed by atoms with Crippen molar-refractivity contribution in [3.63, 3.8) is 0 Å². The van der Waals surface area contributed by atoms with Crippen molar-refractivity contribution in [3.05, 3.63) is 35.9 Å². The number of hydrogen-bond acceptors (Lipinski definition) is 3. The average Bonchev–Trinajstić information content (AvgIpc) is 2.71. The van der Waals surface area contributed by atoms with E-state index in [1.807, 2.05) is 6.07 Å². The van der Waals surface area contributed by atoms with Crippen LogP contribution in [-0.4, -0.2) is 24.5 Å². The van der Waals surface area contributed by atoms with E-state index in [9.17, 15) is 4.79 Å². The van der Waals surface area contributed by atoms with Crippen LogP contribution in [0.5, 0.6) is 0 Å². The molecule has 3 heteroatoms. The normalized spacial score (nSPS) is 25.3. The molecule has 0 saturated carbocycles. The lowest BCUT2D eigenvalue weighted by atomic mass is 9.90. The number of rotatable bonds is 5. The van der Waals surface area contributed by atoms with E-state index in [2.05, 4.69) is 31.2 Å². The van der Waals surface area contributed by atoms with Crippen LogP contribution in [0.2, 0.25) is 0 Å². The number of nitrogens with two attached hydrogens (primary N) is 1. The minimum Gasteiger partial charge on any atom is -0.368 e. The van der Waals surface area contributed by atoms with Gasteiger partial charge in [0.2, 0.25) is 0 Å². The molecule has 1 fully saturated rings. The van der Waals surface area contributed by atoms with Crippen molar-refractivity contribution in [2.24, 2.45) is 11.7 Å². The summed E-state index contributed by atoms with van der Waals surface area (Å²) in [5.41, 5.74) is 6.98. The maximum atomic E-state index is 11.8. The fourth-order valence-corrected chi connectivity index (χ4v) is 2.45. The summed E-state index contributed by atoms with van der Waals surface area (Å²) in [4.78, 5) is 11.8. The lowest BCUT2D eigenvalue weighted by Crippen LogP contribution is -2.32. The van der Waals surface area contributed by atoms with E-state index in [1.165, 1.54) is 5.56 Å². The lowest BCUT2D eigenvalue weighted by Gasteiger charge is -2.18. The predicted octanol–water partition coefficient (Wildman–Crippen LogP) is 1.94. The largest absolute Gasteiger partial charge is 0.368 e. The molecule has 0 bridgehead atoms. The maximum absolute atomic E-state index is 11.8. The van der Waals surface area contributed by atoms with Gasteiger partial charge in [0.25, 0.3) is 0 Å². The zero-order valence-electron chi connectivity index (χ0n) is 10.8. The number of Topliss-reactive ketones (excluding diaryl/α,β-unsaturated/α-hetero) is 1. The van der Waals surface area contributed by atoms with E-state index < -0.39 is 6.04 Å². The van der Waals surface area contributed by atoms with Crippen molar-refractivity contribution in [2.75, 3.05) is 6.61 Å². The standard InChI is InChI=1S/C15H21NO2/c1-2-11(8-12-6-4-3-5-7-12)9-14-15(17)13(16)10-18-14/h3-7,11,13-14H,2,8-10,16H2,1H3. The summed E-state index contributed by atoms with van der Waals surface area (Å²) in [5, 5.41) is 0. The SMILES string of the molecule is CCC(Cc1ccccc1)CC1OCC(N)C1=O. The molecule has 3 nitrogen and oxygen atoms in total. The van der Waals surface area contributed by atoms with Crippen molar-refractivity contribution in [1.82, 2.24) is 0 Å². The minimum atomic E-state index is -0.413. The van der Waals surface area contributed by atoms with Crippen LogP contribution in [0.15, 0.2) is 30.3 Å². The van der Waals surface area contributed by atoms with E-state index in [0.29, 0.717) is 12.5 Å². The maximum Gasteiger partial charge on any atom is 0.180 e. The van der Waals surface area contributed by atoms with Crippen molar-refractivity contribution >= 4 is 5.78 Å². The predicted molar refractivity (Wildman–Crippen MR) is 71.3 cm³/mol. The first-order valence-electron chi connectivity index (χ1n) is 6.65. The summed E-state index contributed by atoms with van der Waals surface area (Å²) in [5.74, 6) is 0.549. The van der Waals surface area contributed by atoms with Gasteiger partial charge in [0.05, 0.1) is 12.6 Å². The van der Waals surface area contributed by atoms with Gasteiger partial charge in [0.15, 0.2) is 5.78 Å². The second kappa shape index (κ2) is 6.12. The first-order valence-corrected chi connectivity index (χ1v) is 6.65. The quantitative estimate of drug-likeness (QED) is 0.865. The van der Waals surface area contributed by atoms with Crippen molar-refractivity contribution in [3.8, 4) is 0 Å². The van der Waals surface area contributed by atoms with E-state index >= 15 is 0 Å². The number of carbonyl (C=O) groups excluding carboxylic acids is 1. The molecule has 0 aromatic heterocycles. The van der Waals surface area contributed by atoms with Crippen LogP contribution in [0.4, 0.5) is 0 Å². The van der Waals surface area contributed by atoms with Crippen LogP contribution in [-0.2, 0) is 16.0 Å². The van der Waals surface area contributed by atoms with Gasteiger partial charge < -0.3 is 10.5 Å². The fraction of sp³-hybridized carbons (Fsp3) is 0.533. The Hall–Kier alpha value is -1.19. The number of benzene rings is 1. The molecule has 1 aromatic carbocycles. The Bertz CT molecular complexity index is 391. The topological polar surface area (TPSA) is 52.3 Å². The summed E-state index contributed by atoms with van der Waals surface area (Å²) in [7, 11) is 0. The van der Waals surface area contributed by atoms with Gasteiger partial charge in [0, 0.05) is 0 Å². The number of carbonyl (C=O) groups is 1. The van der Waals surface area contributed by atoms with Crippen LogP contribution in [0.25, 0.3) is 0 Å². The van der Waals surface area contributed by atoms with Crippen LogP contribution in [0.3, 0.4) is 0 Å². The van der Waals surface area contributed by atoms with Gasteiger partial charge in [-0.2, -0.15) is 0 Å². The molecule has 2 rings (SSSR count). The molecular formula is C15H21NO2. The highest BCUT2D eigenvalue weighted by atomic mass is 16.5. The smallest absolute Gasteiger partial charge is 0.180 e. The molecule has 18 heavy (non-hydrogen) atoms. The molecule has 1 saturated heterocycles. The van der Waals surface area contributed by atoms with E-state index in [0.717, 1.165) is 19.3 Å². The highest BCUT2D eigenvalue weighted by Gasteiger charge is 2.33. The van der Waals surface area contributed by atoms with Crippen molar-refractivity contribution in [2.45, 2.75) is 38.3 Å². The van der Waals surface area contributed by atoms with Crippen molar-refractivity contribution in [1.29, 1.82) is 0 Å².